The number of hydrogen-bond donors (Lipinski definition) is 2. The maximum Gasteiger partial charge on any atom is 0.411 e. The molecule has 1 aliphatic rings. The molecule has 33 heavy (non-hydrogen) atoms. The largest absolute Gasteiger partial charge is 0.411 e. The Hall–Kier alpha value is -2.27. The van der Waals surface area contributed by atoms with E-state index in [9.17, 15) is 13.2 Å². The third-order valence-corrected chi connectivity index (χ3v) is 4.90. The Labute approximate surface area is 210 Å². The van der Waals surface area contributed by atoms with Gasteiger partial charge >= 0.3 is 6.18 Å². The van der Waals surface area contributed by atoms with E-state index in [4.69, 9.17) is 0 Å². The molecule has 2 aromatic rings. The molecular weight excluding hydrogens is 544 g/mol. The van der Waals surface area contributed by atoms with E-state index in [0.717, 1.165) is 30.8 Å². The topological polar surface area (TPSA) is 48.9 Å². The molecule has 0 radical (unpaired) electrons. The van der Waals surface area contributed by atoms with E-state index in [1.54, 1.807) is 12.1 Å². The molecule has 9 heteroatoms. The summed E-state index contributed by atoms with van der Waals surface area (Å²) in [6.45, 7) is 4.45. The lowest BCUT2D eigenvalue weighted by Gasteiger charge is -2.17. The fourth-order valence-electron chi connectivity index (χ4n) is 3.24. The number of halogens is 4. The number of nitrogens with one attached hydrogen (secondary N) is 2. The van der Waals surface area contributed by atoms with Crippen molar-refractivity contribution in [2.24, 2.45) is 4.99 Å². The lowest BCUT2D eigenvalue weighted by atomic mass is 10.1. The first kappa shape index (κ1) is 27.0. The summed E-state index contributed by atoms with van der Waals surface area (Å²) in [6.07, 6.45) is 0.0307. The summed E-state index contributed by atoms with van der Waals surface area (Å²) in [4.78, 5) is 6.95. The van der Waals surface area contributed by atoms with Crippen LogP contribution in [0.3, 0.4) is 0 Å². The minimum atomic E-state index is -4.31. The molecule has 1 aliphatic heterocycles. The van der Waals surface area contributed by atoms with Gasteiger partial charge in [-0.1, -0.05) is 48.6 Å². The van der Waals surface area contributed by atoms with Crippen LogP contribution < -0.4 is 15.5 Å². The molecule has 3 rings (SSSR count). The van der Waals surface area contributed by atoms with Gasteiger partial charge < -0.3 is 20.3 Å². The van der Waals surface area contributed by atoms with Crippen molar-refractivity contribution >= 4 is 35.6 Å². The SMILES string of the molecule is CCNC(=NCc1ccc(N2CC=CC2)cc1)NCc1ccc(COCC(F)(F)F)cc1.I. The van der Waals surface area contributed by atoms with Crippen LogP contribution in [-0.4, -0.2) is 38.4 Å². The number of rotatable bonds is 9. The molecule has 1 heterocycles. The highest BCUT2D eigenvalue weighted by atomic mass is 127. The normalized spacial score (nSPS) is 13.7. The third kappa shape index (κ3) is 9.63. The first-order chi connectivity index (χ1) is 15.4. The number of ether oxygens (including phenoxy) is 1. The van der Waals surface area contributed by atoms with E-state index in [1.165, 1.54) is 5.69 Å². The van der Waals surface area contributed by atoms with E-state index in [1.807, 2.05) is 19.1 Å². The molecule has 0 bridgehead atoms. The molecule has 0 spiro atoms. The number of nitrogens with zero attached hydrogens (tertiary/aromatic N) is 2. The zero-order valence-corrected chi connectivity index (χ0v) is 20.9. The van der Waals surface area contributed by atoms with Crippen LogP contribution >= 0.6 is 24.0 Å². The predicted molar refractivity (Wildman–Crippen MR) is 137 cm³/mol. The summed E-state index contributed by atoms with van der Waals surface area (Å²) in [5.41, 5.74) is 4.03. The van der Waals surface area contributed by atoms with Gasteiger partial charge in [0, 0.05) is 31.9 Å². The van der Waals surface area contributed by atoms with Crippen LogP contribution in [0.1, 0.15) is 23.6 Å². The summed E-state index contributed by atoms with van der Waals surface area (Å²) in [6, 6.07) is 15.7. The van der Waals surface area contributed by atoms with Crippen molar-refractivity contribution in [2.75, 3.05) is 31.1 Å². The highest BCUT2D eigenvalue weighted by Gasteiger charge is 2.27. The Morgan fingerprint density at radius 2 is 1.55 bits per heavy atom. The molecule has 2 N–H and O–H groups in total. The second-order valence-corrected chi connectivity index (χ2v) is 7.52. The van der Waals surface area contributed by atoms with Gasteiger partial charge in [-0.05, 0) is 35.7 Å². The molecular formula is C24H30F3IN4O. The fourth-order valence-corrected chi connectivity index (χ4v) is 3.24. The van der Waals surface area contributed by atoms with Crippen LogP contribution in [-0.2, 0) is 24.4 Å². The summed E-state index contributed by atoms with van der Waals surface area (Å²) < 4.78 is 41.2. The molecule has 180 valence electrons. The summed E-state index contributed by atoms with van der Waals surface area (Å²) in [7, 11) is 0. The summed E-state index contributed by atoms with van der Waals surface area (Å²) in [5.74, 6) is 0.706. The van der Waals surface area contributed by atoms with Gasteiger partial charge in [0.15, 0.2) is 5.96 Å². The number of aliphatic imine (C=N–C) groups is 1. The maximum absolute atomic E-state index is 12.2. The zero-order chi connectivity index (χ0) is 22.8. The Kier molecular flexibility index (Phi) is 11.0. The van der Waals surface area contributed by atoms with Crippen molar-refractivity contribution in [3.05, 3.63) is 77.4 Å². The van der Waals surface area contributed by atoms with Crippen LogP contribution in [0.5, 0.6) is 0 Å². The van der Waals surface area contributed by atoms with Gasteiger partial charge in [-0.15, -0.1) is 24.0 Å². The van der Waals surface area contributed by atoms with Gasteiger partial charge in [0.2, 0.25) is 0 Å². The second-order valence-electron chi connectivity index (χ2n) is 7.52. The van der Waals surface area contributed by atoms with Gasteiger partial charge in [0.05, 0.1) is 13.2 Å². The quantitative estimate of drug-likeness (QED) is 0.191. The average Bonchev–Trinajstić information content (AvgIpc) is 3.31. The molecule has 0 saturated carbocycles. The van der Waals surface area contributed by atoms with Crippen molar-refractivity contribution in [1.29, 1.82) is 0 Å². The van der Waals surface area contributed by atoms with E-state index in [0.29, 0.717) is 24.6 Å². The number of guanidine groups is 1. The molecule has 0 atom stereocenters. The molecule has 0 aliphatic carbocycles. The lowest BCUT2D eigenvalue weighted by Crippen LogP contribution is -2.36. The lowest BCUT2D eigenvalue weighted by molar-refractivity contribution is -0.176. The molecule has 0 unspecified atom stereocenters. The van der Waals surface area contributed by atoms with Crippen molar-refractivity contribution in [2.45, 2.75) is 32.8 Å². The molecule has 5 nitrogen and oxygen atoms in total. The minimum Gasteiger partial charge on any atom is -0.367 e. The van der Waals surface area contributed by atoms with Crippen molar-refractivity contribution in [3.8, 4) is 0 Å². The van der Waals surface area contributed by atoms with E-state index in [-0.39, 0.29) is 30.6 Å². The summed E-state index contributed by atoms with van der Waals surface area (Å²) >= 11 is 0. The van der Waals surface area contributed by atoms with Crippen molar-refractivity contribution in [1.82, 2.24) is 10.6 Å². The number of anilines is 1. The fraction of sp³-hybridized carbons (Fsp3) is 0.375. The maximum atomic E-state index is 12.2. The van der Waals surface area contributed by atoms with Crippen LogP contribution in [0.4, 0.5) is 18.9 Å². The standard InChI is InChI=1S/C24H29F3N4O.HI/c1-2-28-23(30-16-20-9-11-22(12-10-20)31-13-3-4-14-31)29-15-19-5-7-21(8-6-19)17-32-18-24(25,26)27;/h3-12H,2,13-18H2,1H3,(H2,28,29,30);1H. The van der Waals surface area contributed by atoms with Gasteiger partial charge in [-0.25, -0.2) is 4.99 Å². The second kappa shape index (κ2) is 13.4. The van der Waals surface area contributed by atoms with E-state index >= 15 is 0 Å². The van der Waals surface area contributed by atoms with Crippen LogP contribution in [0, 0.1) is 0 Å². The Balaban J connectivity index is 0.00000385. The van der Waals surface area contributed by atoms with Crippen LogP contribution in [0.25, 0.3) is 0 Å². The monoisotopic (exact) mass is 574 g/mol. The highest BCUT2D eigenvalue weighted by molar-refractivity contribution is 14.0. The molecule has 0 amide bonds. The van der Waals surface area contributed by atoms with Crippen LogP contribution in [0.15, 0.2) is 65.7 Å². The van der Waals surface area contributed by atoms with E-state index in [2.05, 4.69) is 61.7 Å². The average molecular weight is 574 g/mol. The van der Waals surface area contributed by atoms with Crippen LogP contribution in [0.2, 0.25) is 0 Å². The first-order valence-corrected chi connectivity index (χ1v) is 10.7. The molecule has 0 fully saturated rings. The van der Waals surface area contributed by atoms with Crippen molar-refractivity contribution < 1.29 is 17.9 Å². The molecule has 2 aromatic carbocycles. The Morgan fingerprint density at radius 1 is 0.939 bits per heavy atom. The smallest absolute Gasteiger partial charge is 0.367 e. The third-order valence-electron chi connectivity index (χ3n) is 4.90. The Morgan fingerprint density at radius 3 is 2.15 bits per heavy atom. The molecule has 0 saturated heterocycles. The van der Waals surface area contributed by atoms with Gasteiger partial charge in [-0.3, -0.25) is 0 Å². The van der Waals surface area contributed by atoms with Gasteiger partial charge in [0.25, 0.3) is 0 Å². The summed E-state index contributed by atoms with van der Waals surface area (Å²) in [5, 5.41) is 6.52. The predicted octanol–water partition coefficient (Wildman–Crippen LogP) is 5.02. The Bertz CT molecular complexity index is 891. The van der Waals surface area contributed by atoms with Crippen molar-refractivity contribution in [3.63, 3.8) is 0 Å². The van der Waals surface area contributed by atoms with Gasteiger partial charge in [-0.2, -0.15) is 13.2 Å². The molecule has 0 aromatic heterocycles. The van der Waals surface area contributed by atoms with Gasteiger partial charge in [0.1, 0.15) is 6.61 Å². The number of benzene rings is 2. The van der Waals surface area contributed by atoms with E-state index < -0.39 is 12.8 Å². The first-order valence-electron chi connectivity index (χ1n) is 10.7. The number of alkyl halides is 3. The zero-order valence-electron chi connectivity index (χ0n) is 18.6. The minimum absolute atomic E-state index is 0. The number of hydrogen-bond acceptors (Lipinski definition) is 3. The highest BCUT2D eigenvalue weighted by Crippen LogP contribution is 2.18.